The fourth-order valence-corrected chi connectivity index (χ4v) is 2.77. The van der Waals surface area contributed by atoms with Gasteiger partial charge in [-0.1, -0.05) is 5.16 Å². The van der Waals surface area contributed by atoms with Crippen LogP contribution in [0.15, 0.2) is 83.6 Å². The fraction of sp³-hybridized carbons (Fsp3) is 0.0909. The zero-order valence-corrected chi connectivity index (χ0v) is 15.2. The fourth-order valence-electron chi connectivity index (χ4n) is 2.77. The zero-order valence-electron chi connectivity index (χ0n) is 15.2. The highest BCUT2D eigenvalue weighted by molar-refractivity contribution is 5.89. The normalized spacial score (nSPS) is 10.6. The molecule has 2 aromatic carbocycles. The highest BCUT2D eigenvalue weighted by atomic mass is 16.5. The Kier molecular flexibility index (Phi) is 4.93. The second-order valence-electron chi connectivity index (χ2n) is 6.12. The third-order valence-electron chi connectivity index (χ3n) is 4.29. The summed E-state index contributed by atoms with van der Waals surface area (Å²) in [6, 6.07) is 20.3. The summed E-state index contributed by atoms with van der Waals surface area (Å²) in [5.41, 5.74) is 2.87. The Hall–Kier alpha value is -3.80. The molecule has 2 heterocycles. The van der Waals surface area contributed by atoms with Gasteiger partial charge >= 0.3 is 5.97 Å². The maximum atomic E-state index is 12.3. The van der Waals surface area contributed by atoms with E-state index in [0.29, 0.717) is 17.0 Å². The van der Waals surface area contributed by atoms with Crippen molar-refractivity contribution in [1.29, 1.82) is 0 Å². The topological polar surface area (TPSA) is 66.5 Å². The lowest BCUT2D eigenvalue weighted by Crippen LogP contribution is -2.05. The average Bonchev–Trinajstić information content (AvgIpc) is 3.44. The Morgan fingerprint density at radius 3 is 2.43 bits per heavy atom. The van der Waals surface area contributed by atoms with Crippen molar-refractivity contribution >= 4 is 5.97 Å². The lowest BCUT2D eigenvalue weighted by Gasteiger charge is -2.05. The number of esters is 1. The molecule has 0 spiro atoms. The Balaban J connectivity index is 1.37. The van der Waals surface area contributed by atoms with Crippen molar-refractivity contribution in [3.05, 3.63) is 90.4 Å². The van der Waals surface area contributed by atoms with Gasteiger partial charge in [0.25, 0.3) is 0 Å². The van der Waals surface area contributed by atoms with Crippen molar-refractivity contribution < 1.29 is 18.8 Å². The molecule has 0 fully saturated rings. The second-order valence-corrected chi connectivity index (χ2v) is 6.12. The van der Waals surface area contributed by atoms with Crippen LogP contribution in [0.1, 0.15) is 16.1 Å². The smallest absolute Gasteiger partial charge is 0.338 e. The Morgan fingerprint density at radius 2 is 1.75 bits per heavy atom. The molecule has 6 nitrogen and oxygen atoms in total. The summed E-state index contributed by atoms with van der Waals surface area (Å²) in [4.78, 5) is 12.3. The quantitative estimate of drug-likeness (QED) is 0.465. The zero-order chi connectivity index (χ0) is 19.3. The van der Waals surface area contributed by atoms with Crippen molar-refractivity contribution in [2.45, 2.75) is 6.61 Å². The van der Waals surface area contributed by atoms with Crippen LogP contribution in [0, 0.1) is 0 Å². The number of aromatic nitrogens is 2. The molecule has 0 amide bonds. The first kappa shape index (κ1) is 17.6. The summed E-state index contributed by atoms with van der Waals surface area (Å²) in [6.07, 6.45) is 3.89. The molecule has 6 heteroatoms. The van der Waals surface area contributed by atoms with Gasteiger partial charge in [-0.3, -0.25) is 0 Å². The van der Waals surface area contributed by atoms with Crippen LogP contribution >= 0.6 is 0 Å². The number of benzene rings is 2. The molecule has 140 valence electrons. The number of nitrogens with zero attached hydrogens (tertiary/aromatic N) is 2. The van der Waals surface area contributed by atoms with Gasteiger partial charge in [-0.05, 0) is 60.7 Å². The van der Waals surface area contributed by atoms with Gasteiger partial charge < -0.3 is 18.6 Å². The Bertz CT molecular complexity index is 1050. The van der Waals surface area contributed by atoms with Gasteiger partial charge in [-0.15, -0.1) is 0 Å². The van der Waals surface area contributed by atoms with E-state index in [2.05, 4.69) is 5.16 Å². The van der Waals surface area contributed by atoms with Gasteiger partial charge in [0, 0.05) is 29.7 Å². The molecular weight excluding hydrogens is 356 g/mol. The van der Waals surface area contributed by atoms with Gasteiger partial charge in [-0.2, -0.15) is 0 Å². The summed E-state index contributed by atoms with van der Waals surface area (Å²) in [5.74, 6) is 0.957. The van der Waals surface area contributed by atoms with E-state index >= 15 is 0 Å². The third kappa shape index (κ3) is 3.81. The number of carbonyl (C=O) groups excluding carboxylic acids is 1. The highest BCUT2D eigenvalue weighted by Gasteiger charge is 2.11. The molecule has 0 bridgehead atoms. The molecule has 0 saturated heterocycles. The number of rotatable bonds is 6. The van der Waals surface area contributed by atoms with E-state index in [4.69, 9.17) is 14.0 Å². The van der Waals surface area contributed by atoms with Crippen LogP contribution in [0.25, 0.3) is 17.0 Å². The van der Waals surface area contributed by atoms with Gasteiger partial charge in [0.05, 0.1) is 12.7 Å². The molecule has 0 unspecified atom stereocenters. The van der Waals surface area contributed by atoms with E-state index in [-0.39, 0.29) is 6.61 Å². The molecule has 0 aliphatic heterocycles. The minimum atomic E-state index is -0.409. The predicted octanol–water partition coefficient (Wildman–Crippen LogP) is 4.50. The molecule has 4 aromatic rings. The van der Waals surface area contributed by atoms with Crippen LogP contribution in [0.2, 0.25) is 0 Å². The maximum absolute atomic E-state index is 12.3. The van der Waals surface area contributed by atoms with Crippen LogP contribution in [-0.4, -0.2) is 22.8 Å². The Labute approximate surface area is 161 Å². The van der Waals surface area contributed by atoms with Gasteiger partial charge in [-0.25, -0.2) is 4.79 Å². The number of carbonyl (C=O) groups is 1. The monoisotopic (exact) mass is 374 g/mol. The van der Waals surface area contributed by atoms with Crippen molar-refractivity contribution in [3.63, 3.8) is 0 Å². The van der Waals surface area contributed by atoms with Crippen LogP contribution in [0.5, 0.6) is 5.75 Å². The summed E-state index contributed by atoms with van der Waals surface area (Å²) >= 11 is 0. The van der Waals surface area contributed by atoms with Crippen molar-refractivity contribution in [2.24, 2.45) is 0 Å². The number of ether oxygens (including phenoxy) is 2. The Morgan fingerprint density at radius 1 is 1.04 bits per heavy atom. The standard InChI is InChI=1S/C22H18N2O4/c1-26-20-10-6-16(7-11-20)21-14-18(23-28-21)15-27-22(25)17-4-8-19(9-5-17)24-12-2-3-13-24/h2-14H,15H2,1H3. The first-order valence-corrected chi connectivity index (χ1v) is 8.73. The van der Waals surface area contributed by atoms with Crippen molar-refractivity contribution in [1.82, 2.24) is 9.72 Å². The van der Waals surface area contributed by atoms with Crippen LogP contribution in [-0.2, 0) is 11.3 Å². The van der Waals surface area contributed by atoms with E-state index in [9.17, 15) is 4.79 Å². The van der Waals surface area contributed by atoms with E-state index in [1.165, 1.54) is 0 Å². The van der Waals surface area contributed by atoms with E-state index in [1.54, 1.807) is 25.3 Å². The van der Waals surface area contributed by atoms with E-state index in [1.807, 2.05) is 65.5 Å². The first-order valence-electron chi connectivity index (χ1n) is 8.73. The molecule has 0 N–H and O–H groups in total. The number of methoxy groups -OCH3 is 1. The molecule has 0 atom stereocenters. The SMILES string of the molecule is COc1ccc(-c2cc(COC(=O)c3ccc(-n4cccc4)cc3)no2)cc1. The van der Waals surface area contributed by atoms with Gasteiger partial charge in [0.15, 0.2) is 5.76 Å². The summed E-state index contributed by atoms with van der Waals surface area (Å²) in [5, 5.41) is 3.96. The van der Waals surface area contributed by atoms with Crippen LogP contribution < -0.4 is 4.74 Å². The van der Waals surface area contributed by atoms with E-state index in [0.717, 1.165) is 17.0 Å². The van der Waals surface area contributed by atoms with Crippen molar-refractivity contribution in [3.8, 4) is 22.8 Å². The molecular formula is C22H18N2O4. The second kappa shape index (κ2) is 7.84. The number of hydrogen-bond acceptors (Lipinski definition) is 5. The third-order valence-corrected chi connectivity index (χ3v) is 4.29. The first-order chi connectivity index (χ1) is 13.7. The maximum Gasteiger partial charge on any atom is 0.338 e. The molecule has 0 aliphatic carbocycles. The average molecular weight is 374 g/mol. The van der Waals surface area contributed by atoms with Crippen LogP contribution in [0.3, 0.4) is 0 Å². The number of hydrogen-bond donors (Lipinski definition) is 0. The van der Waals surface area contributed by atoms with Crippen molar-refractivity contribution in [2.75, 3.05) is 7.11 Å². The largest absolute Gasteiger partial charge is 0.497 e. The van der Waals surface area contributed by atoms with E-state index < -0.39 is 5.97 Å². The summed E-state index contributed by atoms with van der Waals surface area (Å²) < 4.78 is 17.8. The van der Waals surface area contributed by atoms with Gasteiger partial charge in [0.2, 0.25) is 0 Å². The molecule has 2 aromatic heterocycles. The lowest BCUT2D eigenvalue weighted by atomic mass is 10.1. The minimum Gasteiger partial charge on any atom is -0.497 e. The lowest BCUT2D eigenvalue weighted by molar-refractivity contribution is 0.0464. The van der Waals surface area contributed by atoms with Crippen LogP contribution in [0.4, 0.5) is 0 Å². The molecule has 0 saturated carbocycles. The molecule has 0 radical (unpaired) electrons. The predicted molar refractivity (Wildman–Crippen MR) is 103 cm³/mol. The van der Waals surface area contributed by atoms with Gasteiger partial charge in [0.1, 0.15) is 18.1 Å². The summed E-state index contributed by atoms with van der Waals surface area (Å²) in [6.45, 7) is 0.0395. The highest BCUT2D eigenvalue weighted by Crippen LogP contribution is 2.23. The molecule has 0 aliphatic rings. The minimum absolute atomic E-state index is 0.0395. The molecule has 4 rings (SSSR count). The summed E-state index contributed by atoms with van der Waals surface area (Å²) in [7, 11) is 1.62. The molecule has 28 heavy (non-hydrogen) atoms.